The Morgan fingerprint density at radius 3 is 2.56 bits per heavy atom. The first-order valence-corrected chi connectivity index (χ1v) is 3.41. The third-order valence-corrected chi connectivity index (χ3v) is 1.90. The summed E-state index contributed by atoms with van der Waals surface area (Å²) in [4.78, 5) is 0. The average molecular weight is 191 g/mol. The van der Waals surface area contributed by atoms with Gasteiger partial charge in [-0.1, -0.05) is 28.1 Å². The van der Waals surface area contributed by atoms with Crippen molar-refractivity contribution >= 4 is 15.9 Å². The van der Waals surface area contributed by atoms with Gasteiger partial charge in [0.2, 0.25) is 0 Å². The highest BCUT2D eigenvalue weighted by Gasteiger charge is 2.17. The number of hydrogen-bond acceptors (Lipinski definition) is 2. The Kier molecular flexibility index (Phi) is 2.05. The molecule has 0 amide bonds. The van der Waals surface area contributed by atoms with Gasteiger partial charge in [0.1, 0.15) is 12.2 Å². The number of hydrogen-bond donors (Lipinski definition) is 2. The maximum atomic E-state index is 9.03. The standard InChI is InChI=1S/C6H7BrO2/c7-4-2-1-3-5(8)6(4)9/h1-3,5-6,8-9H/t5-,6+/m0/s1. The summed E-state index contributed by atoms with van der Waals surface area (Å²) in [7, 11) is 0. The number of allylic oxidation sites excluding steroid dienone is 2. The van der Waals surface area contributed by atoms with E-state index in [1.165, 1.54) is 6.08 Å². The van der Waals surface area contributed by atoms with E-state index >= 15 is 0 Å². The Balaban J connectivity index is 2.73. The molecule has 0 aliphatic heterocycles. The van der Waals surface area contributed by atoms with Crippen LogP contribution in [-0.2, 0) is 0 Å². The van der Waals surface area contributed by atoms with Gasteiger partial charge >= 0.3 is 0 Å². The lowest BCUT2D eigenvalue weighted by molar-refractivity contribution is 0.0774. The van der Waals surface area contributed by atoms with E-state index in [9.17, 15) is 0 Å². The number of aliphatic hydroxyl groups is 2. The second kappa shape index (κ2) is 2.64. The fraction of sp³-hybridized carbons (Fsp3) is 0.333. The lowest BCUT2D eigenvalue weighted by Gasteiger charge is -2.16. The molecule has 0 aromatic rings. The molecule has 0 saturated carbocycles. The quantitative estimate of drug-likeness (QED) is 0.587. The molecule has 2 atom stereocenters. The number of aliphatic hydroxyl groups excluding tert-OH is 2. The molecule has 0 bridgehead atoms. The van der Waals surface area contributed by atoms with E-state index in [4.69, 9.17) is 10.2 Å². The van der Waals surface area contributed by atoms with Gasteiger partial charge in [0.15, 0.2) is 0 Å². The van der Waals surface area contributed by atoms with Crippen LogP contribution >= 0.6 is 15.9 Å². The summed E-state index contributed by atoms with van der Waals surface area (Å²) in [6.07, 6.45) is 3.40. The maximum absolute atomic E-state index is 9.03. The van der Waals surface area contributed by atoms with Crippen LogP contribution in [0.15, 0.2) is 22.7 Å². The van der Waals surface area contributed by atoms with Crippen molar-refractivity contribution in [2.24, 2.45) is 0 Å². The molecule has 0 heterocycles. The lowest BCUT2D eigenvalue weighted by atomic mass is 10.1. The molecule has 0 unspecified atom stereocenters. The second-order valence-corrected chi connectivity index (χ2v) is 2.79. The minimum Gasteiger partial charge on any atom is -0.386 e. The van der Waals surface area contributed by atoms with Crippen molar-refractivity contribution in [3.8, 4) is 0 Å². The first-order valence-electron chi connectivity index (χ1n) is 2.62. The molecule has 0 fully saturated rings. The zero-order valence-corrected chi connectivity index (χ0v) is 6.25. The number of rotatable bonds is 0. The first-order chi connectivity index (χ1) is 4.22. The highest BCUT2D eigenvalue weighted by atomic mass is 79.9. The molecule has 2 nitrogen and oxygen atoms in total. The first kappa shape index (κ1) is 6.99. The molecule has 50 valence electrons. The van der Waals surface area contributed by atoms with Gasteiger partial charge in [-0.2, -0.15) is 0 Å². The van der Waals surface area contributed by atoms with E-state index in [1.807, 2.05) is 0 Å². The largest absolute Gasteiger partial charge is 0.386 e. The Labute approximate surface area is 61.6 Å². The molecule has 1 aliphatic carbocycles. The third kappa shape index (κ3) is 1.41. The number of halogens is 1. The summed E-state index contributed by atoms with van der Waals surface area (Å²) < 4.78 is 0.623. The van der Waals surface area contributed by atoms with E-state index in [0.717, 1.165) is 0 Å². The van der Waals surface area contributed by atoms with Crippen LogP contribution in [0.5, 0.6) is 0 Å². The van der Waals surface area contributed by atoms with Gasteiger partial charge < -0.3 is 10.2 Å². The van der Waals surface area contributed by atoms with Crippen LogP contribution in [-0.4, -0.2) is 22.4 Å². The molecule has 3 heteroatoms. The molecule has 1 aliphatic rings. The van der Waals surface area contributed by atoms with Crippen molar-refractivity contribution in [1.82, 2.24) is 0 Å². The topological polar surface area (TPSA) is 40.5 Å². The van der Waals surface area contributed by atoms with E-state index in [-0.39, 0.29) is 0 Å². The molecular formula is C6H7BrO2. The van der Waals surface area contributed by atoms with E-state index in [0.29, 0.717) is 4.48 Å². The van der Waals surface area contributed by atoms with Gasteiger partial charge in [0.25, 0.3) is 0 Å². The molecule has 9 heavy (non-hydrogen) atoms. The van der Waals surface area contributed by atoms with Gasteiger partial charge in [0.05, 0.1) is 0 Å². The predicted molar refractivity (Wildman–Crippen MR) is 38.2 cm³/mol. The van der Waals surface area contributed by atoms with Crippen molar-refractivity contribution in [2.45, 2.75) is 12.2 Å². The van der Waals surface area contributed by atoms with E-state index in [2.05, 4.69) is 15.9 Å². The SMILES string of the molecule is O[C@@H]1C(Br)=CC=C[C@@H]1O. The molecule has 0 radical (unpaired) electrons. The molecule has 0 aromatic carbocycles. The Bertz CT molecular complexity index is 162. The van der Waals surface area contributed by atoms with Gasteiger partial charge in [-0.05, 0) is 6.08 Å². The third-order valence-electron chi connectivity index (χ3n) is 1.17. The predicted octanol–water partition coefficient (Wildman–Crippen LogP) is 0.557. The van der Waals surface area contributed by atoms with Crippen LogP contribution < -0.4 is 0 Å². The van der Waals surface area contributed by atoms with Crippen molar-refractivity contribution in [3.05, 3.63) is 22.7 Å². The summed E-state index contributed by atoms with van der Waals surface area (Å²) in [5, 5.41) is 18.0. The monoisotopic (exact) mass is 190 g/mol. The highest BCUT2D eigenvalue weighted by Crippen LogP contribution is 2.18. The minimum absolute atomic E-state index is 0.623. The maximum Gasteiger partial charge on any atom is 0.115 e. The van der Waals surface area contributed by atoms with Crippen LogP contribution in [0.2, 0.25) is 0 Å². The molecule has 0 spiro atoms. The summed E-state index contributed by atoms with van der Waals surface area (Å²) in [5.41, 5.74) is 0. The van der Waals surface area contributed by atoms with Crippen molar-refractivity contribution in [2.75, 3.05) is 0 Å². The van der Waals surface area contributed by atoms with E-state index in [1.54, 1.807) is 12.2 Å². The van der Waals surface area contributed by atoms with Crippen LogP contribution in [0.25, 0.3) is 0 Å². The Hall–Kier alpha value is -0.120. The van der Waals surface area contributed by atoms with Gasteiger partial charge in [-0.25, -0.2) is 0 Å². The van der Waals surface area contributed by atoms with Crippen LogP contribution in [0.4, 0.5) is 0 Å². The minimum atomic E-state index is -0.782. The summed E-state index contributed by atoms with van der Waals surface area (Å²) in [6, 6.07) is 0. The Morgan fingerprint density at radius 2 is 2.11 bits per heavy atom. The second-order valence-electron chi connectivity index (χ2n) is 1.87. The van der Waals surface area contributed by atoms with Crippen molar-refractivity contribution in [1.29, 1.82) is 0 Å². The van der Waals surface area contributed by atoms with Gasteiger partial charge in [0, 0.05) is 4.48 Å². The van der Waals surface area contributed by atoms with Crippen LogP contribution in [0, 0.1) is 0 Å². The molecule has 2 N–H and O–H groups in total. The molecular weight excluding hydrogens is 184 g/mol. The van der Waals surface area contributed by atoms with Crippen LogP contribution in [0.3, 0.4) is 0 Å². The summed E-state index contributed by atoms with van der Waals surface area (Å²) in [6.45, 7) is 0. The van der Waals surface area contributed by atoms with Crippen molar-refractivity contribution < 1.29 is 10.2 Å². The average Bonchev–Trinajstić information content (AvgIpc) is 1.83. The smallest absolute Gasteiger partial charge is 0.115 e. The molecule has 0 saturated heterocycles. The normalized spacial score (nSPS) is 34.3. The highest BCUT2D eigenvalue weighted by molar-refractivity contribution is 9.11. The fourth-order valence-corrected chi connectivity index (χ4v) is 1.05. The fourth-order valence-electron chi connectivity index (χ4n) is 0.628. The zero-order chi connectivity index (χ0) is 6.85. The van der Waals surface area contributed by atoms with Gasteiger partial charge in [-0.15, -0.1) is 0 Å². The summed E-state index contributed by atoms with van der Waals surface area (Å²) in [5.74, 6) is 0. The zero-order valence-electron chi connectivity index (χ0n) is 4.66. The van der Waals surface area contributed by atoms with Gasteiger partial charge in [-0.3, -0.25) is 0 Å². The molecule has 0 aromatic heterocycles. The summed E-state index contributed by atoms with van der Waals surface area (Å²) >= 11 is 3.09. The van der Waals surface area contributed by atoms with Crippen molar-refractivity contribution in [3.63, 3.8) is 0 Å². The Morgan fingerprint density at radius 1 is 1.44 bits per heavy atom. The van der Waals surface area contributed by atoms with E-state index < -0.39 is 12.2 Å². The molecule has 1 rings (SSSR count). The lowest BCUT2D eigenvalue weighted by Crippen LogP contribution is -2.25. The van der Waals surface area contributed by atoms with Crippen LogP contribution in [0.1, 0.15) is 0 Å².